The summed E-state index contributed by atoms with van der Waals surface area (Å²) >= 11 is 0. The quantitative estimate of drug-likeness (QED) is 0.684. The summed E-state index contributed by atoms with van der Waals surface area (Å²) in [5, 5.41) is 1.15. The van der Waals surface area contributed by atoms with Crippen molar-refractivity contribution >= 4 is 5.91 Å². The largest absolute Gasteiger partial charge is 0.275 e. The van der Waals surface area contributed by atoms with Gasteiger partial charge >= 0.3 is 0 Å². The van der Waals surface area contributed by atoms with Crippen molar-refractivity contribution in [2.75, 3.05) is 14.2 Å². The summed E-state index contributed by atoms with van der Waals surface area (Å²) in [4.78, 5) is 16.1. The Balaban J connectivity index is 2.33. The summed E-state index contributed by atoms with van der Waals surface area (Å²) in [5.74, 6) is -2.59. The molecule has 1 fully saturated rings. The molecule has 0 N–H and O–H groups in total. The normalized spacial score (nSPS) is 21.3. The molecule has 0 spiro atoms. The number of hydrogen-bond donors (Lipinski definition) is 0. The highest BCUT2D eigenvalue weighted by Crippen LogP contribution is 2.37. The highest BCUT2D eigenvalue weighted by atomic mass is 19.3. The monoisotopic (exact) mass is 221 g/mol. The summed E-state index contributed by atoms with van der Waals surface area (Å²) in [5.41, 5.74) is 0. The molecule has 0 bridgehead atoms. The number of carbonyl (C=O) groups is 1. The zero-order valence-corrected chi connectivity index (χ0v) is 9.13. The van der Waals surface area contributed by atoms with Crippen LogP contribution in [-0.2, 0) is 9.63 Å². The Labute approximate surface area is 88.3 Å². The molecular formula is C10H17F2NO2. The van der Waals surface area contributed by atoms with Crippen molar-refractivity contribution in [2.45, 2.75) is 38.0 Å². The zero-order chi connectivity index (χ0) is 11.5. The molecule has 5 heteroatoms. The average molecular weight is 221 g/mol. The van der Waals surface area contributed by atoms with Crippen LogP contribution >= 0.6 is 0 Å². The van der Waals surface area contributed by atoms with Gasteiger partial charge in [0.2, 0.25) is 11.8 Å². The molecule has 1 saturated carbocycles. The highest BCUT2D eigenvalue weighted by Gasteiger charge is 2.35. The maximum absolute atomic E-state index is 12.8. The van der Waals surface area contributed by atoms with Crippen LogP contribution in [0.1, 0.15) is 32.1 Å². The molecule has 15 heavy (non-hydrogen) atoms. The summed E-state index contributed by atoms with van der Waals surface area (Å²) in [6.45, 7) is 0. The molecule has 0 aliphatic heterocycles. The molecule has 0 saturated heterocycles. The number of carbonyl (C=O) groups excluding carboxylic acids is 1. The van der Waals surface area contributed by atoms with Gasteiger partial charge in [-0.15, -0.1) is 0 Å². The minimum Gasteiger partial charge on any atom is -0.275 e. The number of halogens is 2. The van der Waals surface area contributed by atoms with Gasteiger partial charge in [-0.3, -0.25) is 9.63 Å². The van der Waals surface area contributed by atoms with Gasteiger partial charge in [-0.1, -0.05) is 0 Å². The smallest absolute Gasteiger partial charge is 0.248 e. The van der Waals surface area contributed by atoms with Crippen molar-refractivity contribution in [2.24, 2.45) is 5.92 Å². The lowest BCUT2D eigenvalue weighted by Crippen LogP contribution is -2.30. The van der Waals surface area contributed by atoms with Gasteiger partial charge in [-0.2, -0.15) is 0 Å². The van der Waals surface area contributed by atoms with E-state index < -0.39 is 5.92 Å². The van der Waals surface area contributed by atoms with E-state index in [2.05, 4.69) is 0 Å². The Kier molecular flexibility index (Phi) is 4.02. The fraction of sp³-hybridized carbons (Fsp3) is 0.900. The lowest BCUT2D eigenvalue weighted by Gasteiger charge is -2.28. The van der Waals surface area contributed by atoms with E-state index in [9.17, 15) is 13.6 Å². The second-order valence-electron chi connectivity index (χ2n) is 4.08. The average Bonchev–Trinajstić information content (AvgIpc) is 2.20. The van der Waals surface area contributed by atoms with Gasteiger partial charge in [0.15, 0.2) is 0 Å². The van der Waals surface area contributed by atoms with E-state index >= 15 is 0 Å². The van der Waals surface area contributed by atoms with E-state index in [4.69, 9.17) is 4.84 Å². The van der Waals surface area contributed by atoms with Gasteiger partial charge in [0.25, 0.3) is 0 Å². The molecule has 1 aliphatic rings. The number of alkyl halides is 2. The van der Waals surface area contributed by atoms with Crippen molar-refractivity contribution in [1.29, 1.82) is 0 Å². The summed E-state index contributed by atoms with van der Waals surface area (Å²) in [6, 6.07) is 0. The number of amides is 1. The molecule has 0 aromatic carbocycles. The van der Waals surface area contributed by atoms with Crippen molar-refractivity contribution < 1.29 is 18.4 Å². The third kappa shape index (κ3) is 3.74. The van der Waals surface area contributed by atoms with Gasteiger partial charge in [-0.25, -0.2) is 13.8 Å². The molecule has 1 aliphatic carbocycles. The Morgan fingerprint density at radius 3 is 2.47 bits per heavy atom. The van der Waals surface area contributed by atoms with Crippen LogP contribution in [0.5, 0.6) is 0 Å². The zero-order valence-electron chi connectivity index (χ0n) is 9.13. The molecular weight excluding hydrogens is 204 g/mol. The summed E-state index contributed by atoms with van der Waals surface area (Å²) < 4.78 is 25.6. The Hall–Kier alpha value is -0.710. The van der Waals surface area contributed by atoms with Crippen molar-refractivity contribution in [3.8, 4) is 0 Å². The highest BCUT2D eigenvalue weighted by molar-refractivity contribution is 5.75. The van der Waals surface area contributed by atoms with E-state index in [0.717, 1.165) is 5.06 Å². The van der Waals surface area contributed by atoms with Crippen LogP contribution in [0.15, 0.2) is 0 Å². The molecule has 1 amide bonds. The van der Waals surface area contributed by atoms with Crippen molar-refractivity contribution in [3.05, 3.63) is 0 Å². The first-order valence-corrected chi connectivity index (χ1v) is 5.13. The van der Waals surface area contributed by atoms with Crippen LogP contribution in [0.4, 0.5) is 8.78 Å². The van der Waals surface area contributed by atoms with Crippen molar-refractivity contribution in [3.63, 3.8) is 0 Å². The molecule has 0 aromatic heterocycles. The second-order valence-corrected chi connectivity index (χ2v) is 4.08. The first-order chi connectivity index (χ1) is 6.94. The Morgan fingerprint density at radius 2 is 2.00 bits per heavy atom. The SMILES string of the molecule is CON(C)C(=O)CC1CCC(F)(F)CC1. The van der Waals surface area contributed by atoms with E-state index in [0.29, 0.717) is 19.3 Å². The van der Waals surface area contributed by atoms with Crippen LogP contribution < -0.4 is 0 Å². The molecule has 1 rings (SSSR count). The molecule has 0 unspecified atom stereocenters. The van der Waals surface area contributed by atoms with E-state index in [1.54, 1.807) is 0 Å². The Morgan fingerprint density at radius 1 is 1.47 bits per heavy atom. The summed E-state index contributed by atoms with van der Waals surface area (Å²) in [7, 11) is 2.94. The van der Waals surface area contributed by atoms with E-state index in [1.807, 2.05) is 0 Å². The fourth-order valence-corrected chi connectivity index (χ4v) is 1.78. The van der Waals surface area contributed by atoms with Crippen LogP contribution in [0.3, 0.4) is 0 Å². The maximum atomic E-state index is 12.8. The first kappa shape index (κ1) is 12.4. The number of nitrogens with zero attached hydrogens (tertiary/aromatic N) is 1. The minimum atomic E-state index is -2.52. The lowest BCUT2D eigenvalue weighted by atomic mass is 9.84. The minimum absolute atomic E-state index is 0.0784. The van der Waals surface area contributed by atoms with Crippen LogP contribution in [-0.4, -0.2) is 31.1 Å². The van der Waals surface area contributed by atoms with Crippen LogP contribution in [0.2, 0.25) is 0 Å². The predicted octanol–water partition coefficient (Wildman–Crippen LogP) is 2.22. The molecule has 0 atom stereocenters. The molecule has 0 radical (unpaired) electrons. The van der Waals surface area contributed by atoms with Gasteiger partial charge in [0.1, 0.15) is 0 Å². The van der Waals surface area contributed by atoms with Crippen molar-refractivity contribution in [1.82, 2.24) is 5.06 Å². The van der Waals surface area contributed by atoms with Gasteiger partial charge < -0.3 is 0 Å². The number of hydrogen-bond acceptors (Lipinski definition) is 2. The van der Waals surface area contributed by atoms with Gasteiger partial charge in [0, 0.05) is 26.3 Å². The molecule has 0 heterocycles. The lowest BCUT2D eigenvalue weighted by molar-refractivity contribution is -0.170. The van der Waals surface area contributed by atoms with Crippen LogP contribution in [0, 0.1) is 5.92 Å². The molecule has 3 nitrogen and oxygen atoms in total. The standard InChI is InChI=1S/C10H17F2NO2/c1-13(15-2)9(14)7-8-3-5-10(11,12)6-4-8/h8H,3-7H2,1-2H3. The first-order valence-electron chi connectivity index (χ1n) is 5.13. The fourth-order valence-electron chi connectivity index (χ4n) is 1.78. The number of rotatable bonds is 3. The molecule has 0 aromatic rings. The van der Waals surface area contributed by atoms with Gasteiger partial charge in [0.05, 0.1) is 7.11 Å². The number of hydroxylamine groups is 2. The third-order valence-electron chi connectivity index (χ3n) is 2.93. The van der Waals surface area contributed by atoms with E-state index in [-0.39, 0.29) is 24.7 Å². The Bertz CT molecular complexity index is 223. The van der Waals surface area contributed by atoms with Crippen LogP contribution in [0.25, 0.3) is 0 Å². The predicted molar refractivity (Wildman–Crippen MR) is 51.3 cm³/mol. The third-order valence-corrected chi connectivity index (χ3v) is 2.93. The topological polar surface area (TPSA) is 29.5 Å². The van der Waals surface area contributed by atoms with E-state index in [1.165, 1.54) is 14.2 Å². The maximum Gasteiger partial charge on any atom is 0.248 e. The summed E-state index contributed by atoms with van der Waals surface area (Å²) in [6.07, 6.45) is 0.969. The van der Waals surface area contributed by atoms with Gasteiger partial charge in [-0.05, 0) is 18.8 Å². The second kappa shape index (κ2) is 4.88. The molecule has 88 valence electrons.